The van der Waals surface area contributed by atoms with Gasteiger partial charge in [-0.2, -0.15) is 0 Å². The minimum atomic E-state index is -4.02. The topological polar surface area (TPSA) is 90.0 Å². The summed E-state index contributed by atoms with van der Waals surface area (Å²) in [6.45, 7) is 4.84. The van der Waals surface area contributed by atoms with E-state index in [0.717, 1.165) is 29.5 Å². The lowest BCUT2D eigenvalue weighted by atomic mass is 10.0. The van der Waals surface area contributed by atoms with Gasteiger partial charge in [0.25, 0.3) is 5.91 Å². The first-order chi connectivity index (χ1) is 17.3. The smallest absolute Gasteiger partial charge is 0.338 e. The van der Waals surface area contributed by atoms with E-state index in [1.807, 2.05) is 32.0 Å². The second-order valence-electron chi connectivity index (χ2n) is 9.24. The van der Waals surface area contributed by atoms with Crippen LogP contribution in [0.2, 0.25) is 0 Å². The highest BCUT2D eigenvalue weighted by Crippen LogP contribution is 2.38. The van der Waals surface area contributed by atoms with Crippen LogP contribution in [0.3, 0.4) is 0 Å². The summed E-state index contributed by atoms with van der Waals surface area (Å²) >= 11 is 0. The molecule has 2 aliphatic rings. The van der Waals surface area contributed by atoms with E-state index in [2.05, 4.69) is 0 Å². The number of rotatable bonds is 5. The maximum absolute atomic E-state index is 13.8. The number of anilines is 1. The van der Waals surface area contributed by atoms with Gasteiger partial charge in [-0.25, -0.2) is 13.2 Å². The molecule has 1 atom stereocenters. The summed E-state index contributed by atoms with van der Waals surface area (Å²) in [6, 6.07) is 16.4. The van der Waals surface area contributed by atoms with Crippen molar-refractivity contribution in [1.29, 1.82) is 0 Å². The molecule has 0 spiro atoms. The van der Waals surface area contributed by atoms with Crippen LogP contribution < -0.4 is 4.90 Å². The number of carbonyl (C=O) groups excluding carboxylic acids is 2. The van der Waals surface area contributed by atoms with Gasteiger partial charge in [-0.05, 0) is 68.1 Å². The zero-order valence-corrected chi connectivity index (χ0v) is 21.0. The molecule has 0 bridgehead atoms. The Bertz CT molecular complexity index is 1460. The van der Waals surface area contributed by atoms with Gasteiger partial charge in [-0.15, -0.1) is 0 Å². The highest BCUT2D eigenvalue weighted by Gasteiger charge is 2.36. The molecule has 2 heterocycles. The predicted octanol–water partition coefficient (Wildman–Crippen LogP) is 4.63. The van der Waals surface area contributed by atoms with Crippen LogP contribution in [0, 0.1) is 13.8 Å². The van der Waals surface area contributed by atoms with Crippen molar-refractivity contribution >= 4 is 27.4 Å². The largest absolute Gasteiger partial charge is 0.459 e. The molecule has 36 heavy (non-hydrogen) atoms. The number of esters is 1. The first-order valence-electron chi connectivity index (χ1n) is 11.9. The van der Waals surface area contributed by atoms with Gasteiger partial charge in [0, 0.05) is 6.61 Å². The van der Waals surface area contributed by atoms with Crippen molar-refractivity contribution in [2.75, 3.05) is 18.1 Å². The second-order valence-corrected chi connectivity index (χ2v) is 11.1. The second kappa shape index (κ2) is 9.52. The number of amides is 1. The molecule has 0 radical (unpaired) electrons. The van der Waals surface area contributed by atoms with Crippen molar-refractivity contribution in [2.45, 2.75) is 49.1 Å². The SMILES string of the molecule is Cc1ccc(C)c(CN2C(=O)c3ccccc3S(=O)(=O)c3ccc(C(=O)OC[C@H]4CCCO4)cc32)c1. The Morgan fingerprint density at radius 1 is 1.06 bits per heavy atom. The maximum atomic E-state index is 13.8. The summed E-state index contributed by atoms with van der Waals surface area (Å²) in [5.74, 6) is -1.04. The Morgan fingerprint density at radius 3 is 2.64 bits per heavy atom. The fourth-order valence-electron chi connectivity index (χ4n) is 4.66. The van der Waals surface area contributed by atoms with Crippen molar-refractivity contribution in [2.24, 2.45) is 0 Å². The normalized spacial score (nSPS) is 18.3. The quantitative estimate of drug-likeness (QED) is 0.470. The average Bonchev–Trinajstić information content (AvgIpc) is 3.39. The molecule has 1 saturated heterocycles. The van der Waals surface area contributed by atoms with Crippen LogP contribution in [-0.2, 0) is 25.9 Å². The lowest BCUT2D eigenvalue weighted by Gasteiger charge is -2.24. The van der Waals surface area contributed by atoms with E-state index in [9.17, 15) is 18.0 Å². The van der Waals surface area contributed by atoms with Gasteiger partial charge in [0.2, 0.25) is 9.84 Å². The van der Waals surface area contributed by atoms with Crippen LogP contribution >= 0.6 is 0 Å². The average molecular weight is 506 g/mol. The third-order valence-corrected chi connectivity index (χ3v) is 8.54. The number of hydrogen-bond donors (Lipinski definition) is 0. The van der Waals surface area contributed by atoms with Crippen molar-refractivity contribution in [3.63, 3.8) is 0 Å². The number of fused-ring (bicyclic) bond motifs is 2. The standard InChI is InChI=1S/C28H27NO6S/c1-18-9-10-19(2)21(14-18)16-29-24-15-20(28(31)35-17-22-6-5-13-34-22)11-12-26(24)36(32,33)25-8-4-3-7-23(25)27(29)30/h3-4,7-12,14-15,22H,5-6,13,16-17H2,1-2H3/t22-/m1/s1. The monoisotopic (exact) mass is 505 g/mol. The number of nitrogens with zero attached hydrogens (tertiary/aromatic N) is 1. The molecule has 1 fully saturated rings. The summed E-state index contributed by atoms with van der Waals surface area (Å²) < 4.78 is 38.3. The molecule has 0 N–H and O–H groups in total. The zero-order valence-electron chi connectivity index (χ0n) is 20.2. The fourth-order valence-corrected chi connectivity index (χ4v) is 6.29. The minimum absolute atomic E-state index is 0.0261. The fraction of sp³-hybridized carbons (Fsp3) is 0.286. The lowest BCUT2D eigenvalue weighted by Crippen LogP contribution is -2.31. The molecule has 0 aromatic heterocycles. The van der Waals surface area contributed by atoms with Gasteiger partial charge in [-0.3, -0.25) is 4.79 Å². The third kappa shape index (κ3) is 4.42. The number of sulfone groups is 1. The Morgan fingerprint density at radius 2 is 1.86 bits per heavy atom. The Balaban J connectivity index is 1.60. The van der Waals surface area contributed by atoms with Crippen LogP contribution in [0.15, 0.2) is 70.5 Å². The van der Waals surface area contributed by atoms with Crippen LogP contribution in [0.1, 0.15) is 50.2 Å². The van der Waals surface area contributed by atoms with E-state index in [1.165, 1.54) is 35.2 Å². The Kier molecular flexibility index (Phi) is 6.40. The van der Waals surface area contributed by atoms with Crippen molar-refractivity contribution in [3.05, 3.63) is 88.5 Å². The van der Waals surface area contributed by atoms with Crippen LogP contribution in [0.25, 0.3) is 0 Å². The highest BCUT2D eigenvalue weighted by atomic mass is 32.2. The maximum Gasteiger partial charge on any atom is 0.338 e. The molecule has 3 aromatic rings. The lowest BCUT2D eigenvalue weighted by molar-refractivity contribution is 0.0161. The van der Waals surface area contributed by atoms with Gasteiger partial charge in [-0.1, -0.05) is 35.9 Å². The first kappa shape index (κ1) is 24.2. The van der Waals surface area contributed by atoms with Crippen molar-refractivity contribution in [1.82, 2.24) is 0 Å². The molecule has 7 nitrogen and oxygen atoms in total. The molecular formula is C28H27NO6S. The molecule has 5 rings (SSSR count). The zero-order chi connectivity index (χ0) is 25.4. The number of hydrogen-bond acceptors (Lipinski definition) is 6. The number of aryl methyl sites for hydroxylation is 2. The number of carbonyl (C=O) groups is 2. The Labute approximate surface area is 210 Å². The molecule has 1 amide bonds. The van der Waals surface area contributed by atoms with Crippen molar-refractivity contribution in [3.8, 4) is 0 Å². The van der Waals surface area contributed by atoms with Crippen molar-refractivity contribution < 1.29 is 27.5 Å². The number of ether oxygens (including phenoxy) is 2. The summed E-state index contributed by atoms with van der Waals surface area (Å²) in [5.41, 5.74) is 3.31. The van der Waals surface area contributed by atoms with E-state index >= 15 is 0 Å². The first-order valence-corrected chi connectivity index (χ1v) is 13.4. The Hall–Kier alpha value is -3.49. The molecule has 3 aromatic carbocycles. The van der Waals surface area contributed by atoms with Gasteiger partial charge in [0.05, 0.1) is 39.3 Å². The van der Waals surface area contributed by atoms with Crippen LogP contribution in [-0.4, -0.2) is 39.6 Å². The van der Waals surface area contributed by atoms with E-state index in [0.29, 0.717) is 6.61 Å². The van der Waals surface area contributed by atoms with E-state index in [4.69, 9.17) is 9.47 Å². The van der Waals surface area contributed by atoms with E-state index in [1.54, 1.807) is 12.1 Å². The summed E-state index contributed by atoms with van der Waals surface area (Å²) in [5, 5.41) is 0. The molecule has 0 saturated carbocycles. The summed E-state index contributed by atoms with van der Waals surface area (Å²) in [6.07, 6.45) is 1.62. The predicted molar refractivity (Wildman–Crippen MR) is 134 cm³/mol. The molecule has 2 aliphatic heterocycles. The molecule has 186 valence electrons. The minimum Gasteiger partial charge on any atom is -0.459 e. The molecule has 0 aliphatic carbocycles. The molecule has 0 unspecified atom stereocenters. The molecule has 8 heteroatoms. The highest BCUT2D eigenvalue weighted by molar-refractivity contribution is 7.91. The summed E-state index contributed by atoms with van der Waals surface area (Å²) in [4.78, 5) is 28.0. The third-order valence-electron chi connectivity index (χ3n) is 6.68. The van der Waals surface area contributed by atoms with E-state index < -0.39 is 21.7 Å². The van der Waals surface area contributed by atoms with E-state index in [-0.39, 0.29) is 45.9 Å². The van der Waals surface area contributed by atoms with Gasteiger partial charge >= 0.3 is 5.97 Å². The summed E-state index contributed by atoms with van der Waals surface area (Å²) in [7, 11) is -4.02. The van der Waals surface area contributed by atoms with Crippen LogP contribution in [0.4, 0.5) is 5.69 Å². The van der Waals surface area contributed by atoms with Gasteiger partial charge < -0.3 is 14.4 Å². The van der Waals surface area contributed by atoms with Crippen LogP contribution in [0.5, 0.6) is 0 Å². The molecular weight excluding hydrogens is 478 g/mol. The number of benzene rings is 3. The van der Waals surface area contributed by atoms with Gasteiger partial charge in [0.1, 0.15) is 6.61 Å². The van der Waals surface area contributed by atoms with Gasteiger partial charge in [0.15, 0.2) is 0 Å².